The van der Waals surface area contributed by atoms with Crippen LogP contribution in [0.3, 0.4) is 0 Å². The first-order valence-electron chi connectivity index (χ1n) is 11.4. The molecule has 0 fully saturated rings. The highest BCUT2D eigenvalue weighted by atomic mass is 35.5. The summed E-state index contributed by atoms with van der Waals surface area (Å²) < 4.78 is 8.25. The molecular formula is C28H26ClN3O2. The number of nitrogens with one attached hydrogen (secondary N) is 1. The van der Waals surface area contributed by atoms with E-state index in [1.807, 2.05) is 73.7 Å². The third-order valence-corrected chi connectivity index (χ3v) is 6.57. The number of aryl methyl sites for hydroxylation is 2. The standard InChI is InChI=1S/C28H26ClN3O2/c1-18(27(30)33)26-23-7-3-4-8-24(23)32(15-14-19-10-12-21(29)13-11-19)28(26)31-17-22-16-20-6-2-5-9-25(20)34-22/h2-13,16,18,31H,14-15,17H2,1H3,(H2,30,33). The maximum atomic E-state index is 12.3. The molecule has 0 aliphatic rings. The molecule has 0 spiro atoms. The summed E-state index contributed by atoms with van der Waals surface area (Å²) in [4.78, 5) is 12.3. The average Bonchev–Trinajstić information content (AvgIpc) is 3.40. The number of fused-ring (bicyclic) bond motifs is 2. The van der Waals surface area contributed by atoms with Gasteiger partial charge in [0.25, 0.3) is 0 Å². The van der Waals surface area contributed by atoms with Crippen molar-refractivity contribution in [1.82, 2.24) is 4.57 Å². The van der Waals surface area contributed by atoms with Crippen LogP contribution in [0, 0.1) is 0 Å². The zero-order chi connectivity index (χ0) is 23.7. The molecule has 1 amide bonds. The summed E-state index contributed by atoms with van der Waals surface area (Å²) in [6.07, 6.45) is 0.819. The minimum Gasteiger partial charge on any atom is -0.459 e. The van der Waals surface area contributed by atoms with Crippen LogP contribution in [-0.4, -0.2) is 10.5 Å². The predicted molar refractivity (Wildman–Crippen MR) is 138 cm³/mol. The second-order valence-electron chi connectivity index (χ2n) is 8.54. The van der Waals surface area contributed by atoms with Crippen molar-refractivity contribution >= 4 is 45.2 Å². The van der Waals surface area contributed by atoms with Gasteiger partial charge >= 0.3 is 0 Å². The number of halogens is 1. The number of benzene rings is 3. The minimum atomic E-state index is -0.445. The summed E-state index contributed by atoms with van der Waals surface area (Å²) in [5, 5.41) is 6.38. The Hall–Kier alpha value is -3.70. The van der Waals surface area contributed by atoms with Crippen LogP contribution in [0.5, 0.6) is 0 Å². The van der Waals surface area contributed by atoms with Crippen molar-refractivity contribution in [3.63, 3.8) is 0 Å². The lowest BCUT2D eigenvalue weighted by Crippen LogP contribution is -2.20. The maximum absolute atomic E-state index is 12.3. The Morgan fingerprint density at radius 2 is 1.79 bits per heavy atom. The molecular weight excluding hydrogens is 446 g/mol. The smallest absolute Gasteiger partial charge is 0.224 e. The number of anilines is 1. The monoisotopic (exact) mass is 471 g/mol. The minimum absolute atomic E-state index is 0.354. The van der Waals surface area contributed by atoms with Gasteiger partial charge in [-0.3, -0.25) is 4.79 Å². The van der Waals surface area contributed by atoms with Crippen LogP contribution in [0.1, 0.15) is 29.7 Å². The third kappa shape index (κ3) is 4.27. The van der Waals surface area contributed by atoms with E-state index in [1.165, 1.54) is 5.56 Å². The molecule has 0 saturated heterocycles. The van der Waals surface area contributed by atoms with Crippen LogP contribution in [0.4, 0.5) is 5.82 Å². The van der Waals surface area contributed by atoms with Crippen molar-refractivity contribution < 1.29 is 9.21 Å². The number of nitrogens with two attached hydrogens (primary N) is 1. The Morgan fingerprint density at radius 3 is 2.56 bits per heavy atom. The van der Waals surface area contributed by atoms with Crippen LogP contribution < -0.4 is 11.1 Å². The molecule has 5 aromatic rings. The second kappa shape index (κ2) is 9.27. The molecule has 0 aliphatic carbocycles. The molecule has 0 bridgehead atoms. The summed E-state index contributed by atoms with van der Waals surface area (Å²) in [5.74, 6) is 0.919. The normalized spacial score (nSPS) is 12.3. The number of aromatic nitrogens is 1. The number of hydrogen-bond donors (Lipinski definition) is 2. The van der Waals surface area contributed by atoms with Gasteiger partial charge in [-0.1, -0.05) is 60.1 Å². The molecule has 0 radical (unpaired) electrons. The molecule has 5 rings (SSSR count). The number of nitrogens with zero attached hydrogens (tertiary/aromatic N) is 1. The molecule has 2 heterocycles. The highest BCUT2D eigenvalue weighted by molar-refractivity contribution is 6.30. The number of para-hydroxylation sites is 2. The lowest BCUT2D eigenvalue weighted by Gasteiger charge is -2.16. The first-order valence-corrected chi connectivity index (χ1v) is 11.8. The molecule has 3 N–H and O–H groups in total. The largest absolute Gasteiger partial charge is 0.459 e. The fourth-order valence-corrected chi connectivity index (χ4v) is 4.65. The number of hydrogen-bond acceptors (Lipinski definition) is 3. The van der Waals surface area contributed by atoms with E-state index in [-0.39, 0.29) is 5.91 Å². The molecule has 3 aromatic carbocycles. The lowest BCUT2D eigenvalue weighted by molar-refractivity contribution is -0.119. The average molecular weight is 472 g/mol. The van der Waals surface area contributed by atoms with E-state index in [2.05, 4.69) is 22.0 Å². The summed E-state index contributed by atoms with van der Waals surface area (Å²) in [5.41, 5.74) is 9.79. The second-order valence-corrected chi connectivity index (χ2v) is 8.97. The zero-order valence-corrected chi connectivity index (χ0v) is 19.7. The van der Waals surface area contributed by atoms with Crippen molar-refractivity contribution in [2.75, 3.05) is 5.32 Å². The fraction of sp³-hybridized carbons (Fsp3) is 0.179. The van der Waals surface area contributed by atoms with E-state index >= 15 is 0 Å². The van der Waals surface area contributed by atoms with Crippen LogP contribution in [0.25, 0.3) is 21.9 Å². The SMILES string of the molecule is CC(C(N)=O)c1c(NCc2cc3ccccc3o2)n(CCc2ccc(Cl)cc2)c2ccccc12. The van der Waals surface area contributed by atoms with E-state index in [4.69, 9.17) is 21.8 Å². The molecule has 6 heteroatoms. The first-order chi connectivity index (χ1) is 16.5. The molecule has 0 aliphatic heterocycles. The van der Waals surface area contributed by atoms with Gasteiger partial charge in [0.15, 0.2) is 0 Å². The van der Waals surface area contributed by atoms with Gasteiger partial charge in [0, 0.05) is 33.4 Å². The van der Waals surface area contributed by atoms with Crippen molar-refractivity contribution in [3.8, 4) is 0 Å². The number of carbonyl (C=O) groups excluding carboxylic acids is 1. The Balaban J connectivity index is 1.54. The Bertz CT molecular complexity index is 1430. The highest BCUT2D eigenvalue weighted by Crippen LogP contribution is 2.36. The van der Waals surface area contributed by atoms with Crippen LogP contribution >= 0.6 is 11.6 Å². The summed E-state index contributed by atoms with van der Waals surface area (Å²) in [6, 6.07) is 26.0. The van der Waals surface area contributed by atoms with Crippen LogP contribution in [0.15, 0.2) is 83.3 Å². The molecule has 1 unspecified atom stereocenters. The van der Waals surface area contributed by atoms with Crippen LogP contribution in [-0.2, 0) is 24.3 Å². The maximum Gasteiger partial charge on any atom is 0.224 e. The van der Waals surface area contributed by atoms with E-state index in [9.17, 15) is 4.79 Å². The Labute approximate surface area is 203 Å². The number of furan rings is 1. The molecule has 34 heavy (non-hydrogen) atoms. The van der Waals surface area contributed by atoms with Gasteiger partial charge in [-0.15, -0.1) is 0 Å². The van der Waals surface area contributed by atoms with E-state index in [0.717, 1.165) is 57.0 Å². The van der Waals surface area contributed by atoms with Crippen molar-refractivity contribution in [2.45, 2.75) is 32.4 Å². The van der Waals surface area contributed by atoms with E-state index < -0.39 is 5.92 Å². The van der Waals surface area contributed by atoms with E-state index in [1.54, 1.807) is 0 Å². The van der Waals surface area contributed by atoms with Gasteiger partial charge in [0.05, 0.1) is 12.5 Å². The van der Waals surface area contributed by atoms with Gasteiger partial charge in [-0.25, -0.2) is 0 Å². The number of carbonyl (C=O) groups is 1. The number of amides is 1. The van der Waals surface area contributed by atoms with E-state index in [0.29, 0.717) is 6.54 Å². The highest BCUT2D eigenvalue weighted by Gasteiger charge is 2.24. The Kier molecular flexibility index (Phi) is 6.03. The third-order valence-electron chi connectivity index (χ3n) is 6.31. The van der Waals surface area contributed by atoms with Gasteiger partial charge in [0.2, 0.25) is 5.91 Å². The number of rotatable bonds is 8. The fourth-order valence-electron chi connectivity index (χ4n) is 4.52. The summed E-state index contributed by atoms with van der Waals surface area (Å²) in [6.45, 7) is 3.08. The quantitative estimate of drug-likeness (QED) is 0.272. The van der Waals surface area contributed by atoms with Gasteiger partial charge in [-0.2, -0.15) is 0 Å². The predicted octanol–water partition coefficient (Wildman–Crippen LogP) is 6.48. The summed E-state index contributed by atoms with van der Waals surface area (Å²) in [7, 11) is 0. The molecule has 0 saturated carbocycles. The van der Waals surface area contributed by atoms with Crippen molar-refractivity contribution in [1.29, 1.82) is 0 Å². The molecule has 1 atom stereocenters. The van der Waals surface area contributed by atoms with Crippen molar-refractivity contribution in [2.24, 2.45) is 5.73 Å². The topological polar surface area (TPSA) is 73.2 Å². The Morgan fingerprint density at radius 1 is 1.06 bits per heavy atom. The van der Waals surface area contributed by atoms with Crippen molar-refractivity contribution in [3.05, 3.63) is 101 Å². The molecule has 5 nitrogen and oxygen atoms in total. The van der Waals surface area contributed by atoms with Gasteiger partial charge in [0.1, 0.15) is 17.2 Å². The van der Waals surface area contributed by atoms with Gasteiger partial charge in [-0.05, 0) is 49.2 Å². The number of primary amides is 1. The molecule has 172 valence electrons. The zero-order valence-electron chi connectivity index (χ0n) is 18.9. The summed E-state index contributed by atoms with van der Waals surface area (Å²) >= 11 is 6.06. The molecule has 2 aromatic heterocycles. The van der Waals surface area contributed by atoms with Crippen LogP contribution in [0.2, 0.25) is 5.02 Å². The lowest BCUT2D eigenvalue weighted by atomic mass is 9.99. The first kappa shape index (κ1) is 22.1. The van der Waals surface area contributed by atoms with Gasteiger partial charge < -0.3 is 20.0 Å².